The second-order valence-corrected chi connectivity index (χ2v) is 10.4. The molecule has 224 valence electrons. The van der Waals surface area contributed by atoms with E-state index >= 15 is 0 Å². The zero-order valence-electron chi connectivity index (χ0n) is 21.8. The fourth-order valence-electron chi connectivity index (χ4n) is 4.30. The van der Waals surface area contributed by atoms with Crippen molar-refractivity contribution >= 4 is 29.4 Å². The summed E-state index contributed by atoms with van der Waals surface area (Å²) in [6.45, 7) is 0.879. The smallest absolute Gasteiger partial charge is 0.387 e. The molecule has 3 aromatic carbocycles. The Morgan fingerprint density at radius 1 is 0.976 bits per heavy atom. The number of hydrogen-bond acceptors (Lipinski definition) is 5. The summed E-state index contributed by atoms with van der Waals surface area (Å²) in [7, 11) is 0. The van der Waals surface area contributed by atoms with Crippen LogP contribution < -0.4 is 5.32 Å². The van der Waals surface area contributed by atoms with Gasteiger partial charge in [-0.2, -0.15) is 26.3 Å². The number of rotatable bonds is 8. The van der Waals surface area contributed by atoms with Gasteiger partial charge in [0.2, 0.25) is 5.91 Å². The molecule has 3 aromatic rings. The number of aliphatic hydroxyl groups excluding tert-OH is 1. The number of anilines is 1. The van der Waals surface area contributed by atoms with Gasteiger partial charge in [0, 0.05) is 41.2 Å². The lowest BCUT2D eigenvalue weighted by Crippen LogP contribution is -2.39. The Labute approximate surface area is 241 Å². The molecule has 1 heterocycles. The summed E-state index contributed by atoms with van der Waals surface area (Å²) >= 11 is 0.489. The molecule has 1 amide bonds. The van der Waals surface area contributed by atoms with Gasteiger partial charge in [0.1, 0.15) is 5.82 Å². The number of benzene rings is 3. The summed E-state index contributed by atoms with van der Waals surface area (Å²) in [5.41, 5.74) is -3.86. The van der Waals surface area contributed by atoms with E-state index in [0.717, 1.165) is 30.4 Å². The van der Waals surface area contributed by atoms with E-state index in [9.17, 15) is 40.6 Å². The Bertz CT molecular complexity index is 1440. The Morgan fingerprint density at radius 3 is 2.33 bits per heavy atom. The van der Waals surface area contributed by atoms with Crippen molar-refractivity contribution in [1.29, 1.82) is 0 Å². The number of morpholine rings is 1. The summed E-state index contributed by atoms with van der Waals surface area (Å²) < 4.78 is 104. The highest BCUT2D eigenvalue weighted by Crippen LogP contribution is 2.48. The maximum atomic E-state index is 14.2. The molecule has 1 fully saturated rings. The number of hydrogen-bond donors (Lipinski definition) is 2. The summed E-state index contributed by atoms with van der Waals surface area (Å²) in [6.07, 6.45) is -10.3. The molecule has 1 saturated heterocycles. The van der Waals surface area contributed by atoms with E-state index in [2.05, 4.69) is 5.32 Å². The molecule has 1 aliphatic heterocycles. The third-order valence-corrected chi connectivity index (χ3v) is 7.34. The molecule has 1 atom stereocenters. The zero-order valence-corrected chi connectivity index (χ0v) is 22.6. The first kappa shape index (κ1) is 31.4. The van der Waals surface area contributed by atoms with Gasteiger partial charge in [-0.15, -0.1) is 0 Å². The molecule has 0 aromatic heterocycles. The van der Waals surface area contributed by atoms with Crippen LogP contribution in [0, 0.1) is 5.82 Å². The minimum Gasteiger partial charge on any atom is -0.387 e. The largest absolute Gasteiger partial charge is 0.418 e. The van der Waals surface area contributed by atoms with Gasteiger partial charge in [-0.3, -0.25) is 4.79 Å². The Morgan fingerprint density at radius 2 is 1.67 bits per heavy atom. The summed E-state index contributed by atoms with van der Waals surface area (Å²) in [5, 5.41) is 13.2. The molecular weight excluding hydrogens is 589 g/mol. The predicted molar refractivity (Wildman–Crippen MR) is 143 cm³/mol. The van der Waals surface area contributed by atoms with Crippen LogP contribution in [0.3, 0.4) is 0 Å². The van der Waals surface area contributed by atoms with E-state index in [4.69, 9.17) is 4.74 Å². The van der Waals surface area contributed by atoms with Crippen molar-refractivity contribution in [2.75, 3.05) is 38.2 Å². The third-order valence-electron chi connectivity index (χ3n) is 6.29. The van der Waals surface area contributed by atoms with Crippen molar-refractivity contribution in [2.24, 2.45) is 0 Å². The average Bonchev–Trinajstić information content (AvgIpc) is 2.94. The third kappa shape index (κ3) is 8.05. The van der Waals surface area contributed by atoms with Crippen LogP contribution in [0.2, 0.25) is 0 Å². The second kappa shape index (κ2) is 13.2. The molecule has 5 nitrogen and oxygen atoms in total. The quantitative estimate of drug-likeness (QED) is 0.211. The number of aliphatic hydroxyl groups is 1. The maximum Gasteiger partial charge on any atom is 0.418 e. The van der Waals surface area contributed by atoms with Crippen molar-refractivity contribution in [3.05, 3.63) is 94.8 Å². The van der Waals surface area contributed by atoms with Gasteiger partial charge in [-0.1, -0.05) is 36.0 Å². The highest BCUT2D eigenvalue weighted by molar-refractivity contribution is 7.99. The lowest BCUT2D eigenvalue weighted by Gasteiger charge is -2.25. The molecule has 4 rings (SSSR count). The van der Waals surface area contributed by atoms with Crippen molar-refractivity contribution in [3.63, 3.8) is 0 Å². The Balaban J connectivity index is 1.60. The summed E-state index contributed by atoms with van der Waals surface area (Å²) in [6, 6.07) is 13.1. The van der Waals surface area contributed by atoms with E-state index in [1.54, 1.807) is 6.07 Å². The van der Waals surface area contributed by atoms with E-state index in [1.165, 1.54) is 41.3 Å². The number of nitrogens with one attached hydrogen (secondary N) is 1. The molecular formula is C29H25F7N2O3S. The number of alkyl halides is 6. The molecule has 0 aliphatic carbocycles. The van der Waals surface area contributed by atoms with Crippen molar-refractivity contribution in [1.82, 2.24) is 4.90 Å². The van der Waals surface area contributed by atoms with Crippen molar-refractivity contribution < 1.29 is 45.4 Å². The van der Waals surface area contributed by atoms with Gasteiger partial charge in [0.25, 0.3) is 0 Å². The number of nitrogens with zero attached hydrogens (tertiary/aromatic N) is 1. The molecule has 1 unspecified atom stereocenters. The maximum absolute atomic E-state index is 14.2. The Hall–Kier alpha value is -3.55. The standard InChI is InChI=1S/C29H25F7N2O3S/c30-20-4-1-3-19(15-20)23(39)17-37-21-5-2-6-22(16-21)42-24-9-7-18(8-10-25(40)38-11-13-41-14-12-38)26(28(31,32)33)27(24)29(34,35)36/h1-10,15-16,23,37,39H,11-14,17H2/b10-8+. The Kier molecular flexibility index (Phi) is 9.85. The monoisotopic (exact) mass is 614 g/mol. The van der Waals surface area contributed by atoms with E-state index in [1.807, 2.05) is 0 Å². The topological polar surface area (TPSA) is 61.8 Å². The van der Waals surface area contributed by atoms with Crippen LogP contribution in [0.25, 0.3) is 6.08 Å². The first-order valence-corrected chi connectivity index (χ1v) is 13.5. The second-order valence-electron chi connectivity index (χ2n) is 9.25. The van der Waals surface area contributed by atoms with Crippen LogP contribution in [0.4, 0.5) is 36.4 Å². The molecule has 1 aliphatic rings. The molecule has 42 heavy (non-hydrogen) atoms. The first-order chi connectivity index (χ1) is 19.8. The fraction of sp³-hybridized carbons (Fsp3) is 0.276. The lowest BCUT2D eigenvalue weighted by molar-refractivity contribution is -0.163. The highest BCUT2D eigenvalue weighted by atomic mass is 32.2. The molecule has 0 radical (unpaired) electrons. The average molecular weight is 615 g/mol. The number of halogens is 7. The number of ether oxygens (including phenoxy) is 1. The zero-order chi connectivity index (χ0) is 30.5. The normalized spacial score (nSPS) is 15.2. The summed E-state index contributed by atoms with van der Waals surface area (Å²) in [4.78, 5) is 13.2. The predicted octanol–water partition coefficient (Wildman–Crippen LogP) is 7.03. The number of carbonyl (C=O) groups excluding carboxylic acids is 1. The van der Waals surface area contributed by atoms with E-state index in [0.29, 0.717) is 23.0 Å². The van der Waals surface area contributed by atoms with Gasteiger partial charge in [0.05, 0.1) is 30.4 Å². The van der Waals surface area contributed by atoms with Gasteiger partial charge >= 0.3 is 12.4 Å². The van der Waals surface area contributed by atoms with Gasteiger partial charge in [-0.05, 0) is 53.6 Å². The minimum absolute atomic E-state index is 0.0617. The van der Waals surface area contributed by atoms with Crippen LogP contribution in [-0.2, 0) is 21.9 Å². The lowest BCUT2D eigenvalue weighted by atomic mass is 9.99. The molecule has 0 bridgehead atoms. The van der Waals surface area contributed by atoms with Gasteiger partial charge < -0.3 is 20.1 Å². The molecule has 13 heteroatoms. The molecule has 2 N–H and O–H groups in total. The van der Waals surface area contributed by atoms with Gasteiger partial charge in [-0.25, -0.2) is 4.39 Å². The van der Waals surface area contributed by atoms with E-state index in [-0.39, 0.29) is 37.7 Å². The molecule has 0 saturated carbocycles. The van der Waals surface area contributed by atoms with Crippen LogP contribution >= 0.6 is 11.8 Å². The van der Waals surface area contributed by atoms with Crippen LogP contribution in [0.5, 0.6) is 0 Å². The number of carbonyl (C=O) groups is 1. The van der Waals surface area contributed by atoms with Gasteiger partial charge in [0.15, 0.2) is 0 Å². The van der Waals surface area contributed by atoms with Crippen molar-refractivity contribution in [2.45, 2.75) is 28.2 Å². The SMILES string of the molecule is O=C(/C=C/c1ccc(Sc2cccc(NCC(O)c3cccc(F)c3)c2)c(C(F)(F)F)c1C(F)(F)F)N1CCOCC1. The summed E-state index contributed by atoms with van der Waals surface area (Å²) in [5.74, 6) is -1.17. The highest BCUT2D eigenvalue weighted by Gasteiger charge is 2.46. The van der Waals surface area contributed by atoms with Crippen LogP contribution in [0.15, 0.2) is 76.5 Å². The van der Waals surface area contributed by atoms with E-state index < -0.39 is 51.8 Å². The fourth-order valence-corrected chi connectivity index (χ4v) is 5.35. The minimum atomic E-state index is -5.38. The van der Waals surface area contributed by atoms with Crippen LogP contribution in [-0.4, -0.2) is 48.8 Å². The van der Waals surface area contributed by atoms with Crippen LogP contribution in [0.1, 0.15) is 28.4 Å². The molecule has 0 spiro atoms. The number of amides is 1. The first-order valence-electron chi connectivity index (χ1n) is 12.6. The van der Waals surface area contributed by atoms with Crippen molar-refractivity contribution in [3.8, 4) is 0 Å².